The van der Waals surface area contributed by atoms with Gasteiger partial charge in [0.2, 0.25) is 10.0 Å². The van der Waals surface area contributed by atoms with E-state index in [1.807, 2.05) is 26.8 Å². The van der Waals surface area contributed by atoms with Crippen LogP contribution in [0.25, 0.3) is 0 Å². The summed E-state index contributed by atoms with van der Waals surface area (Å²) in [4.78, 5) is 0.473. The summed E-state index contributed by atoms with van der Waals surface area (Å²) in [5.74, 6) is 0. The van der Waals surface area contributed by atoms with Gasteiger partial charge < -0.3 is 5.73 Å². The summed E-state index contributed by atoms with van der Waals surface area (Å²) >= 11 is 4.82. The number of nitrogens with zero attached hydrogens (tertiary/aromatic N) is 1. The van der Waals surface area contributed by atoms with E-state index in [0.29, 0.717) is 17.9 Å². The first-order chi connectivity index (χ1) is 8.78. The molecule has 0 bridgehead atoms. The summed E-state index contributed by atoms with van der Waals surface area (Å²) in [6.07, 6.45) is 0.715. The largest absolute Gasteiger partial charge is 0.392 e. The molecular weight excluding hydrogens is 280 g/mol. The van der Waals surface area contributed by atoms with Gasteiger partial charge in [0.15, 0.2) is 0 Å². The molecule has 1 aromatic rings. The van der Waals surface area contributed by atoms with Crippen molar-refractivity contribution in [3.05, 3.63) is 29.3 Å². The van der Waals surface area contributed by atoms with Crippen LogP contribution in [0.15, 0.2) is 23.1 Å². The van der Waals surface area contributed by atoms with Gasteiger partial charge in [0.05, 0.1) is 16.4 Å². The van der Waals surface area contributed by atoms with Gasteiger partial charge in [-0.1, -0.05) is 25.2 Å². The van der Waals surface area contributed by atoms with E-state index in [0.717, 1.165) is 11.1 Å². The van der Waals surface area contributed by atoms with Crippen molar-refractivity contribution >= 4 is 27.2 Å². The normalized spacial score (nSPS) is 11.8. The monoisotopic (exact) mass is 300 g/mol. The van der Waals surface area contributed by atoms with Crippen molar-refractivity contribution < 1.29 is 8.42 Å². The standard InChI is InChI=1S/C13H20N2O2S2/c1-4-7-15(9-13(14)18)19(16,17)12-6-5-10(2)11(3)8-12/h5-6,8H,4,7,9H2,1-3H3,(H2,14,18). The predicted octanol–water partition coefficient (Wildman–Crippen LogP) is 1.99. The summed E-state index contributed by atoms with van der Waals surface area (Å²) in [6.45, 7) is 6.25. The lowest BCUT2D eigenvalue weighted by Gasteiger charge is -2.21. The molecule has 106 valence electrons. The molecule has 0 radical (unpaired) electrons. The van der Waals surface area contributed by atoms with E-state index in [4.69, 9.17) is 18.0 Å². The molecule has 0 aliphatic carbocycles. The molecule has 0 fully saturated rings. The van der Waals surface area contributed by atoms with Gasteiger partial charge in [0.1, 0.15) is 0 Å². The molecule has 4 nitrogen and oxygen atoms in total. The van der Waals surface area contributed by atoms with Crippen LogP contribution in [-0.2, 0) is 10.0 Å². The lowest BCUT2D eigenvalue weighted by molar-refractivity contribution is 0.449. The van der Waals surface area contributed by atoms with Crippen molar-refractivity contribution in [3.63, 3.8) is 0 Å². The SMILES string of the molecule is CCCN(CC(N)=S)S(=O)(=O)c1ccc(C)c(C)c1. The Bertz CT molecular complexity index is 568. The fourth-order valence-electron chi connectivity index (χ4n) is 1.73. The van der Waals surface area contributed by atoms with Crippen LogP contribution in [0.3, 0.4) is 0 Å². The van der Waals surface area contributed by atoms with Crippen LogP contribution in [-0.4, -0.2) is 30.8 Å². The minimum Gasteiger partial charge on any atom is -0.392 e. The molecule has 0 aromatic heterocycles. The molecule has 0 amide bonds. The highest BCUT2D eigenvalue weighted by molar-refractivity contribution is 7.89. The first-order valence-corrected chi connectivity index (χ1v) is 7.99. The lowest BCUT2D eigenvalue weighted by atomic mass is 10.1. The third-order valence-corrected chi connectivity index (χ3v) is 4.89. The molecule has 0 heterocycles. The molecule has 0 saturated heterocycles. The van der Waals surface area contributed by atoms with Gasteiger partial charge in [-0.2, -0.15) is 4.31 Å². The average molecular weight is 300 g/mol. The molecule has 0 atom stereocenters. The number of benzene rings is 1. The van der Waals surface area contributed by atoms with Gasteiger partial charge >= 0.3 is 0 Å². The van der Waals surface area contributed by atoms with Gasteiger partial charge in [0.25, 0.3) is 0 Å². The smallest absolute Gasteiger partial charge is 0.243 e. The molecule has 0 unspecified atom stereocenters. The number of hydrogen-bond acceptors (Lipinski definition) is 3. The van der Waals surface area contributed by atoms with Gasteiger partial charge in [-0.3, -0.25) is 0 Å². The van der Waals surface area contributed by atoms with Crippen LogP contribution >= 0.6 is 12.2 Å². The quantitative estimate of drug-likeness (QED) is 0.816. The summed E-state index contributed by atoms with van der Waals surface area (Å²) in [7, 11) is -3.53. The number of aryl methyl sites for hydroxylation is 2. The summed E-state index contributed by atoms with van der Waals surface area (Å²) in [5, 5.41) is 0. The Morgan fingerprint density at radius 3 is 2.42 bits per heavy atom. The Morgan fingerprint density at radius 2 is 1.95 bits per heavy atom. The molecule has 0 saturated carbocycles. The minimum atomic E-state index is -3.53. The van der Waals surface area contributed by atoms with E-state index in [2.05, 4.69) is 0 Å². The Hall–Kier alpha value is -0.980. The highest BCUT2D eigenvalue weighted by Gasteiger charge is 2.24. The molecule has 0 aliphatic rings. The maximum absolute atomic E-state index is 12.5. The number of thiocarbonyl (C=S) groups is 1. The first kappa shape index (κ1) is 16.1. The maximum atomic E-state index is 12.5. The second kappa shape index (κ2) is 6.45. The first-order valence-electron chi connectivity index (χ1n) is 6.14. The Labute approximate surface area is 120 Å². The highest BCUT2D eigenvalue weighted by atomic mass is 32.2. The fraction of sp³-hybridized carbons (Fsp3) is 0.462. The average Bonchev–Trinajstić information content (AvgIpc) is 2.31. The van der Waals surface area contributed by atoms with E-state index in [1.54, 1.807) is 12.1 Å². The van der Waals surface area contributed by atoms with Gasteiger partial charge in [-0.15, -0.1) is 0 Å². The molecule has 2 N–H and O–H groups in total. The highest BCUT2D eigenvalue weighted by Crippen LogP contribution is 2.19. The second-order valence-corrected chi connectivity index (χ2v) is 7.01. The van der Waals surface area contributed by atoms with Gasteiger partial charge in [-0.25, -0.2) is 8.42 Å². The van der Waals surface area contributed by atoms with E-state index < -0.39 is 10.0 Å². The number of hydrogen-bond donors (Lipinski definition) is 1. The lowest BCUT2D eigenvalue weighted by Crippen LogP contribution is -2.38. The fourth-order valence-corrected chi connectivity index (χ4v) is 3.56. The van der Waals surface area contributed by atoms with Crippen molar-refractivity contribution in [3.8, 4) is 0 Å². The van der Waals surface area contributed by atoms with Crippen LogP contribution in [0.1, 0.15) is 24.5 Å². The molecule has 6 heteroatoms. The van der Waals surface area contributed by atoms with Crippen LogP contribution in [0, 0.1) is 13.8 Å². The van der Waals surface area contributed by atoms with Crippen LogP contribution in [0.5, 0.6) is 0 Å². The predicted molar refractivity (Wildman–Crippen MR) is 81.8 cm³/mol. The Balaban J connectivity index is 3.18. The molecule has 0 aliphatic heterocycles. The van der Waals surface area contributed by atoms with Gasteiger partial charge in [-0.05, 0) is 43.5 Å². The number of rotatable bonds is 6. The second-order valence-electron chi connectivity index (χ2n) is 4.55. The van der Waals surface area contributed by atoms with E-state index in [1.165, 1.54) is 4.31 Å². The summed E-state index contributed by atoms with van der Waals surface area (Å²) in [5.41, 5.74) is 7.49. The van der Waals surface area contributed by atoms with Crippen molar-refractivity contribution in [1.82, 2.24) is 4.31 Å². The number of nitrogens with two attached hydrogens (primary N) is 1. The van der Waals surface area contributed by atoms with Crippen molar-refractivity contribution in [1.29, 1.82) is 0 Å². The molecule has 1 aromatic carbocycles. The van der Waals surface area contributed by atoms with Crippen molar-refractivity contribution in [2.75, 3.05) is 13.1 Å². The maximum Gasteiger partial charge on any atom is 0.243 e. The Kier molecular flexibility index (Phi) is 5.46. The van der Waals surface area contributed by atoms with Crippen LogP contribution in [0.2, 0.25) is 0 Å². The summed E-state index contributed by atoms with van der Waals surface area (Å²) in [6, 6.07) is 5.12. The van der Waals surface area contributed by atoms with E-state index in [9.17, 15) is 8.42 Å². The zero-order valence-corrected chi connectivity index (χ0v) is 13.1. The van der Waals surface area contributed by atoms with Crippen LogP contribution < -0.4 is 5.73 Å². The zero-order chi connectivity index (χ0) is 14.6. The molecular formula is C13H20N2O2S2. The van der Waals surface area contributed by atoms with Crippen molar-refractivity contribution in [2.45, 2.75) is 32.1 Å². The van der Waals surface area contributed by atoms with E-state index >= 15 is 0 Å². The summed E-state index contributed by atoms with van der Waals surface area (Å²) < 4.78 is 26.4. The molecule has 19 heavy (non-hydrogen) atoms. The third kappa shape index (κ3) is 3.99. The van der Waals surface area contributed by atoms with Crippen molar-refractivity contribution in [2.24, 2.45) is 5.73 Å². The minimum absolute atomic E-state index is 0.0818. The van der Waals surface area contributed by atoms with E-state index in [-0.39, 0.29) is 11.5 Å². The zero-order valence-electron chi connectivity index (χ0n) is 11.5. The molecule has 0 spiro atoms. The van der Waals surface area contributed by atoms with Gasteiger partial charge in [0, 0.05) is 6.54 Å². The molecule has 1 rings (SSSR count). The third-order valence-electron chi connectivity index (χ3n) is 2.92. The topological polar surface area (TPSA) is 63.4 Å². The van der Waals surface area contributed by atoms with Crippen LogP contribution in [0.4, 0.5) is 0 Å². The number of sulfonamides is 1. The Morgan fingerprint density at radius 1 is 1.32 bits per heavy atom.